The molecule has 0 radical (unpaired) electrons. The first-order chi connectivity index (χ1) is 11.7. The maximum atomic E-state index is 12.5. The van der Waals surface area contributed by atoms with Crippen molar-refractivity contribution in [2.75, 3.05) is 13.1 Å². The van der Waals surface area contributed by atoms with Crippen molar-refractivity contribution in [2.45, 2.75) is 25.4 Å². The number of rotatable bonds is 2. The predicted molar refractivity (Wildman–Crippen MR) is 92.1 cm³/mol. The topological polar surface area (TPSA) is 50.2 Å². The summed E-state index contributed by atoms with van der Waals surface area (Å²) in [5.41, 5.74) is 3.46. The molecule has 24 heavy (non-hydrogen) atoms. The maximum Gasteiger partial charge on any atom is 0.272 e. The lowest BCUT2D eigenvalue weighted by Gasteiger charge is -2.22. The van der Waals surface area contributed by atoms with E-state index in [2.05, 4.69) is 21.1 Å². The molecule has 1 saturated heterocycles. The van der Waals surface area contributed by atoms with Gasteiger partial charge in [0.15, 0.2) is 5.69 Å². The number of benzene rings is 1. The highest BCUT2D eigenvalue weighted by atomic mass is 35.5. The van der Waals surface area contributed by atoms with Gasteiger partial charge >= 0.3 is 0 Å². The standard InChI is InChI=1S/C18H17ClN4O/c1-2-8-20-18(24)16-17-15-7-4-9-22(15)10-12-13(19)5-3-6-14(12)23(17)11-21-16/h1,3,5-6,11,15H,4,7-10H2,(H,20,24)/t15-/m0/s1. The SMILES string of the molecule is C#CCNC(=O)c1ncn2c1[C@@H]1CCCN1Cc1c(Cl)cccc1-2. The largest absolute Gasteiger partial charge is 0.340 e. The van der Waals surface area contributed by atoms with Gasteiger partial charge in [0.1, 0.15) is 6.33 Å². The van der Waals surface area contributed by atoms with Gasteiger partial charge in [0, 0.05) is 17.1 Å². The Kier molecular flexibility index (Phi) is 3.79. The molecule has 122 valence electrons. The predicted octanol–water partition coefficient (Wildman–Crippen LogP) is 2.54. The van der Waals surface area contributed by atoms with Crippen molar-refractivity contribution in [3.05, 3.63) is 46.5 Å². The number of imidazole rings is 1. The first-order valence-corrected chi connectivity index (χ1v) is 8.39. The van der Waals surface area contributed by atoms with Crippen molar-refractivity contribution < 1.29 is 4.79 Å². The van der Waals surface area contributed by atoms with Gasteiger partial charge in [0.05, 0.1) is 24.0 Å². The first kappa shape index (κ1) is 15.3. The Bertz CT molecular complexity index is 851. The molecule has 0 unspecified atom stereocenters. The Morgan fingerprint density at radius 3 is 3.21 bits per heavy atom. The summed E-state index contributed by atoms with van der Waals surface area (Å²) in [5, 5.41) is 3.47. The minimum absolute atomic E-state index is 0.169. The fourth-order valence-electron chi connectivity index (χ4n) is 3.72. The molecule has 0 spiro atoms. The number of terminal acetylenes is 1. The van der Waals surface area contributed by atoms with Crippen LogP contribution in [0.3, 0.4) is 0 Å². The molecule has 4 rings (SSSR count). The van der Waals surface area contributed by atoms with E-state index in [9.17, 15) is 4.79 Å². The summed E-state index contributed by atoms with van der Waals surface area (Å²) in [4.78, 5) is 19.3. The lowest BCUT2D eigenvalue weighted by molar-refractivity contribution is 0.0950. The first-order valence-electron chi connectivity index (χ1n) is 8.01. The van der Waals surface area contributed by atoms with E-state index in [-0.39, 0.29) is 18.5 Å². The van der Waals surface area contributed by atoms with Gasteiger partial charge in [-0.2, -0.15) is 0 Å². The summed E-state index contributed by atoms with van der Waals surface area (Å²) < 4.78 is 2.02. The lowest BCUT2D eigenvalue weighted by Crippen LogP contribution is -2.28. The minimum Gasteiger partial charge on any atom is -0.340 e. The number of carbonyl (C=O) groups excluding carboxylic acids is 1. The van der Waals surface area contributed by atoms with E-state index in [1.807, 2.05) is 22.8 Å². The van der Waals surface area contributed by atoms with Crippen LogP contribution in [0.25, 0.3) is 5.69 Å². The van der Waals surface area contributed by atoms with Gasteiger partial charge in [0.25, 0.3) is 5.91 Å². The van der Waals surface area contributed by atoms with Crippen LogP contribution in [0.15, 0.2) is 24.5 Å². The van der Waals surface area contributed by atoms with Gasteiger partial charge < -0.3 is 9.88 Å². The van der Waals surface area contributed by atoms with E-state index in [0.717, 1.165) is 47.9 Å². The van der Waals surface area contributed by atoms with Crippen LogP contribution in [0.5, 0.6) is 0 Å². The molecule has 1 atom stereocenters. The average Bonchev–Trinajstić information content (AvgIpc) is 3.18. The number of halogens is 1. The van der Waals surface area contributed by atoms with Gasteiger partial charge in [0.2, 0.25) is 0 Å². The zero-order valence-corrected chi connectivity index (χ0v) is 13.9. The third-order valence-corrected chi connectivity index (χ3v) is 5.12. The molecule has 1 fully saturated rings. The van der Waals surface area contributed by atoms with E-state index in [0.29, 0.717) is 5.69 Å². The Morgan fingerprint density at radius 1 is 1.50 bits per heavy atom. The monoisotopic (exact) mass is 340 g/mol. The number of fused-ring (bicyclic) bond motifs is 5. The Balaban J connectivity index is 1.88. The molecule has 1 amide bonds. The summed E-state index contributed by atoms with van der Waals surface area (Å²) in [5.74, 6) is 2.20. The smallest absolute Gasteiger partial charge is 0.272 e. The molecule has 0 saturated carbocycles. The number of amides is 1. The molecule has 6 heteroatoms. The quantitative estimate of drug-likeness (QED) is 0.855. The fraction of sp³-hybridized carbons (Fsp3) is 0.333. The highest BCUT2D eigenvalue weighted by molar-refractivity contribution is 6.31. The molecule has 2 aliphatic heterocycles. The molecule has 3 heterocycles. The van der Waals surface area contributed by atoms with Crippen LogP contribution in [0.2, 0.25) is 5.02 Å². The van der Waals surface area contributed by atoms with E-state index in [1.54, 1.807) is 6.33 Å². The third-order valence-electron chi connectivity index (χ3n) is 4.76. The second kappa shape index (κ2) is 5.97. The highest BCUT2D eigenvalue weighted by Crippen LogP contribution is 2.41. The van der Waals surface area contributed by atoms with Gasteiger partial charge in [-0.1, -0.05) is 23.6 Å². The summed E-state index contributed by atoms with van der Waals surface area (Å²) in [6.45, 7) is 1.97. The molecule has 5 nitrogen and oxygen atoms in total. The van der Waals surface area contributed by atoms with Gasteiger partial charge in [-0.25, -0.2) is 4.98 Å². The third kappa shape index (κ3) is 2.31. The lowest BCUT2D eigenvalue weighted by atomic mass is 10.1. The van der Waals surface area contributed by atoms with Crippen LogP contribution in [-0.2, 0) is 6.54 Å². The number of aromatic nitrogens is 2. The number of hydrogen-bond donors (Lipinski definition) is 1. The van der Waals surface area contributed by atoms with E-state index < -0.39 is 0 Å². The fourth-order valence-corrected chi connectivity index (χ4v) is 3.95. The van der Waals surface area contributed by atoms with Crippen LogP contribution in [-0.4, -0.2) is 33.4 Å². The zero-order valence-electron chi connectivity index (χ0n) is 13.1. The highest BCUT2D eigenvalue weighted by Gasteiger charge is 2.36. The molecule has 0 bridgehead atoms. The van der Waals surface area contributed by atoms with Crippen molar-refractivity contribution >= 4 is 17.5 Å². The van der Waals surface area contributed by atoms with Gasteiger partial charge in [-0.15, -0.1) is 6.42 Å². The van der Waals surface area contributed by atoms with Crippen LogP contribution in [0.4, 0.5) is 0 Å². The molecule has 0 aliphatic carbocycles. The minimum atomic E-state index is -0.223. The molecule has 2 aliphatic rings. The van der Waals surface area contributed by atoms with Crippen LogP contribution >= 0.6 is 11.6 Å². The molecular formula is C18H17ClN4O. The normalized spacial score (nSPS) is 18.9. The average molecular weight is 341 g/mol. The van der Waals surface area contributed by atoms with Gasteiger partial charge in [-0.3, -0.25) is 9.69 Å². The van der Waals surface area contributed by atoms with E-state index in [1.165, 1.54) is 0 Å². The van der Waals surface area contributed by atoms with Crippen LogP contribution < -0.4 is 5.32 Å². The van der Waals surface area contributed by atoms with Crippen molar-refractivity contribution in [3.8, 4) is 18.0 Å². The molecule has 1 aromatic carbocycles. The number of nitrogens with one attached hydrogen (secondary N) is 1. The second-order valence-corrected chi connectivity index (χ2v) is 6.51. The maximum absolute atomic E-state index is 12.5. The Morgan fingerprint density at radius 2 is 2.38 bits per heavy atom. The summed E-state index contributed by atoms with van der Waals surface area (Å²) in [6, 6.07) is 6.04. The van der Waals surface area contributed by atoms with Crippen molar-refractivity contribution in [1.29, 1.82) is 0 Å². The molecule has 2 aromatic rings. The van der Waals surface area contributed by atoms with Crippen molar-refractivity contribution in [2.24, 2.45) is 0 Å². The Labute approximate surface area is 145 Å². The van der Waals surface area contributed by atoms with Crippen LogP contribution in [0, 0.1) is 12.3 Å². The molecule has 1 aromatic heterocycles. The van der Waals surface area contributed by atoms with Gasteiger partial charge in [-0.05, 0) is 31.5 Å². The van der Waals surface area contributed by atoms with Crippen molar-refractivity contribution in [3.63, 3.8) is 0 Å². The summed E-state index contributed by atoms with van der Waals surface area (Å²) in [6.07, 6.45) is 9.07. The summed E-state index contributed by atoms with van der Waals surface area (Å²) >= 11 is 6.45. The van der Waals surface area contributed by atoms with Crippen LogP contribution in [0.1, 0.15) is 40.6 Å². The van der Waals surface area contributed by atoms with E-state index >= 15 is 0 Å². The number of hydrogen-bond acceptors (Lipinski definition) is 3. The number of carbonyl (C=O) groups is 1. The van der Waals surface area contributed by atoms with Crippen molar-refractivity contribution in [1.82, 2.24) is 19.8 Å². The second-order valence-electron chi connectivity index (χ2n) is 6.10. The number of nitrogens with zero attached hydrogens (tertiary/aromatic N) is 3. The molecular weight excluding hydrogens is 324 g/mol. The van der Waals surface area contributed by atoms with E-state index in [4.69, 9.17) is 18.0 Å². The molecule has 1 N–H and O–H groups in total. The summed E-state index contributed by atoms with van der Waals surface area (Å²) in [7, 11) is 0. The zero-order chi connectivity index (χ0) is 16.7. The Hall–Kier alpha value is -2.29.